The number of amides is 2. The average molecular weight is 569 g/mol. The molecule has 2 aromatic carbocycles. The van der Waals surface area contributed by atoms with Crippen LogP contribution >= 0.6 is 0 Å². The summed E-state index contributed by atoms with van der Waals surface area (Å²) in [7, 11) is 1.56. The summed E-state index contributed by atoms with van der Waals surface area (Å²) in [4.78, 5) is 30.3. The SMILES string of the molecule is CN/C(C)=C(\C(=O)Nc1ccc(F)cc1)C(=O)Nc1ccc(Oc2ccnn3ccc(-c4ccnc(C)c4)c23)c(F)c1. The van der Waals surface area contributed by atoms with E-state index in [9.17, 15) is 14.0 Å². The molecular weight excluding hydrogens is 542 g/mol. The van der Waals surface area contributed by atoms with Crippen molar-refractivity contribution in [2.45, 2.75) is 13.8 Å². The number of hydrogen-bond acceptors (Lipinski definition) is 6. The molecule has 2 amide bonds. The fourth-order valence-corrected chi connectivity index (χ4v) is 4.31. The number of ether oxygens (including phenoxy) is 1. The molecule has 0 aliphatic heterocycles. The molecule has 0 fully saturated rings. The molecule has 0 radical (unpaired) electrons. The normalized spacial score (nSPS) is 11.5. The second kappa shape index (κ2) is 11.9. The minimum absolute atomic E-state index is 0.0737. The van der Waals surface area contributed by atoms with Gasteiger partial charge in [-0.2, -0.15) is 5.10 Å². The van der Waals surface area contributed by atoms with Gasteiger partial charge >= 0.3 is 0 Å². The van der Waals surface area contributed by atoms with E-state index in [-0.39, 0.29) is 22.7 Å². The third kappa shape index (κ3) is 5.94. The van der Waals surface area contributed by atoms with Gasteiger partial charge in [0, 0.05) is 59.9 Å². The number of nitrogens with one attached hydrogen (secondary N) is 3. The molecule has 0 unspecified atom stereocenters. The number of rotatable bonds is 8. The summed E-state index contributed by atoms with van der Waals surface area (Å²) in [6.07, 6.45) is 5.04. The molecule has 0 atom stereocenters. The van der Waals surface area contributed by atoms with Crippen LogP contribution in [0.1, 0.15) is 12.6 Å². The number of pyridine rings is 1. The van der Waals surface area contributed by atoms with Crippen LogP contribution in [0.2, 0.25) is 0 Å². The van der Waals surface area contributed by atoms with E-state index in [1.54, 1.807) is 43.1 Å². The molecule has 0 aliphatic rings. The third-order valence-electron chi connectivity index (χ3n) is 6.44. The quantitative estimate of drug-likeness (QED) is 0.123. The highest BCUT2D eigenvalue weighted by Crippen LogP contribution is 2.35. The molecule has 0 saturated heterocycles. The van der Waals surface area contributed by atoms with Gasteiger partial charge in [0.2, 0.25) is 0 Å². The number of nitrogens with zero attached hydrogens (tertiary/aromatic N) is 3. The summed E-state index contributed by atoms with van der Waals surface area (Å²) in [5.74, 6) is -2.38. The zero-order valence-electron chi connectivity index (χ0n) is 22.9. The summed E-state index contributed by atoms with van der Waals surface area (Å²) in [6.45, 7) is 3.44. The molecule has 0 saturated carbocycles. The maximum absolute atomic E-state index is 15.3. The smallest absolute Gasteiger partial charge is 0.263 e. The Bertz CT molecular complexity index is 1830. The number of benzene rings is 2. The lowest BCUT2D eigenvalue weighted by Gasteiger charge is -2.14. The van der Waals surface area contributed by atoms with Crippen molar-refractivity contribution in [2.24, 2.45) is 0 Å². The Labute approximate surface area is 239 Å². The molecule has 5 aromatic rings. The number of carbonyl (C=O) groups excluding carboxylic acids is 2. The van der Waals surface area contributed by atoms with E-state index in [1.807, 2.05) is 25.1 Å². The minimum Gasteiger partial charge on any atom is -0.452 e. The zero-order valence-corrected chi connectivity index (χ0v) is 22.9. The molecule has 0 spiro atoms. The van der Waals surface area contributed by atoms with Gasteiger partial charge in [0.1, 0.15) is 16.9 Å². The Morgan fingerprint density at radius 1 is 0.857 bits per heavy atom. The molecule has 212 valence electrons. The Hall–Kier alpha value is -5.58. The summed E-state index contributed by atoms with van der Waals surface area (Å²) in [6, 6.07) is 16.4. The molecule has 3 aromatic heterocycles. The van der Waals surface area contributed by atoms with Crippen LogP contribution in [0.4, 0.5) is 20.2 Å². The van der Waals surface area contributed by atoms with Gasteiger partial charge in [0.05, 0.1) is 6.20 Å². The Balaban J connectivity index is 1.37. The van der Waals surface area contributed by atoms with Gasteiger partial charge in [0.25, 0.3) is 11.8 Å². The van der Waals surface area contributed by atoms with Crippen molar-refractivity contribution in [1.82, 2.24) is 19.9 Å². The van der Waals surface area contributed by atoms with Crippen molar-refractivity contribution in [3.8, 4) is 22.6 Å². The summed E-state index contributed by atoms with van der Waals surface area (Å²) >= 11 is 0. The van der Waals surface area contributed by atoms with Crippen molar-refractivity contribution >= 4 is 28.7 Å². The number of halogens is 2. The van der Waals surface area contributed by atoms with Gasteiger partial charge in [-0.05, 0) is 74.0 Å². The molecule has 0 bridgehead atoms. The lowest BCUT2D eigenvalue weighted by molar-refractivity contribution is -0.118. The highest BCUT2D eigenvalue weighted by Gasteiger charge is 2.22. The molecule has 3 heterocycles. The van der Waals surface area contributed by atoms with Crippen molar-refractivity contribution in [3.63, 3.8) is 0 Å². The van der Waals surface area contributed by atoms with Crippen molar-refractivity contribution in [2.75, 3.05) is 17.7 Å². The maximum atomic E-state index is 15.3. The molecule has 3 N–H and O–H groups in total. The van der Waals surface area contributed by atoms with Crippen LogP contribution in [0.15, 0.2) is 96.6 Å². The summed E-state index contributed by atoms with van der Waals surface area (Å²) in [5.41, 5.74) is 3.70. The first-order valence-electron chi connectivity index (χ1n) is 12.9. The minimum atomic E-state index is -0.768. The first-order chi connectivity index (χ1) is 20.2. The van der Waals surface area contributed by atoms with E-state index >= 15 is 4.39 Å². The van der Waals surface area contributed by atoms with Crippen LogP contribution in [-0.4, -0.2) is 33.5 Å². The molecular formula is C31H26F2N6O3. The number of allylic oxidation sites excluding steroid dienone is 1. The Morgan fingerprint density at radius 2 is 1.57 bits per heavy atom. The standard InChI is InChI=1S/C31H26F2N6O3/c1-18-16-20(10-13-35-18)24-12-15-39-29(24)27(11-14-36-39)42-26-9-8-23(17-25(26)33)38-31(41)28(19(2)34-3)30(40)37-22-6-4-21(32)5-7-22/h4-17,34H,1-3H3,(H,37,40)(H,38,41)/b28-19+. The average Bonchev–Trinajstić information content (AvgIpc) is 3.41. The van der Waals surface area contributed by atoms with Gasteiger partial charge in [-0.25, -0.2) is 13.3 Å². The number of fused-ring (bicyclic) bond motifs is 1. The van der Waals surface area contributed by atoms with Crippen LogP contribution in [0.25, 0.3) is 16.6 Å². The Morgan fingerprint density at radius 3 is 2.26 bits per heavy atom. The molecule has 9 nitrogen and oxygen atoms in total. The predicted octanol–water partition coefficient (Wildman–Crippen LogP) is 5.85. The van der Waals surface area contributed by atoms with Crippen molar-refractivity contribution < 1.29 is 23.1 Å². The van der Waals surface area contributed by atoms with Gasteiger partial charge < -0.3 is 20.7 Å². The molecule has 11 heteroatoms. The highest BCUT2D eigenvalue weighted by molar-refractivity contribution is 6.26. The fraction of sp³-hybridized carbons (Fsp3) is 0.0968. The number of hydrogen-bond donors (Lipinski definition) is 3. The van der Waals surface area contributed by atoms with Crippen molar-refractivity contribution in [3.05, 3.63) is 114 Å². The van der Waals surface area contributed by atoms with Crippen LogP contribution in [0.3, 0.4) is 0 Å². The van der Waals surface area contributed by atoms with Gasteiger partial charge in [-0.15, -0.1) is 0 Å². The predicted molar refractivity (Wildman–Crippen MR) is 155 cm³/mol. The van der Waals surface area contributed by atoms with Gasteiger partial charge in [0.15, 0.2) is 17.3 Å². The second-order valence-electron chi connectivity index (χ2n) is 9.32. The maximum Gasteiger partial charge on any atom is 0.263 e. The fourth-order valence-electron chi connectivity index (χ4n) is 4.31. The summed E-state index contributed by atoms with van der Waals surface area (Å²) < 4.78 is 36.1. The molecule has 0 aliphatic carbocycles. The molecule has 42 heavy (non-hydrogen) atoms. The first-order valence-corrected chi connectivity index (χ1v) is 12.9. The Kier molecular flexibility index (Phi) is 7.91. The lowest BCUT2D eigenvalue weighted by Crippen LogP contribution is -2.29. The topological polar surface area (TPSA) is 110 Å². The van der Waals surface area contributed by atoms with Crippen LogP contribution in [0.5, 0.6) is 11.5 Å². The van der Waals surface area contributed by atoms with E-state index in [1.165, 1.54) is 36.4 Å². The van der Waals surface area contributed by atoms with E-state index in [0.29, 0.717) is 17.0 Å². The number of carbonyl (C=O) groups is 2. The second-order valence-corrected chi connectivity index (χ2v) is 9.32. The van der Waals surface area contributed by atoms with Crippen LogP contribution in [0, 0.1) is 18.6 Å². The molecule has 5 rings (SSSR count). The largest absolute Gasteiger partial charge is 0.452 e. The van der Waals surface area contributed by atoms with E-state index in [0.717, 1.165) is 22.9 Å². The number of aromatic nitrogens is 3. The van der Waals surface area contributed by atoms with Crippen molar-refractivity contribution in [1.29, 1.82) is 0 Å². The summed E-state index contributed by atoms with van der Waals surface area (Å²) in [5, 5.41) is 12.2. The van der Waals surface area contributed by atoms with Crippen LogP contribution in [-0.2, 0) is 9.59 Å². The van der Waals surface area contributed by atoms with E-state index in [4.69, 9.17) is 4.74 Å². The monoisotopic (exact) mass is 568 g/mol. The zero-order chi connectivity index (χ0) is 29.8. The van der Waals surface area contributed by atoms with Crippen LogP contribution < -0.4 is 20.7 Å². The first kappa shape index (κ1) is 28.0. The van der Waals surface area contributed by atoms with E-state index in [2.05, 4.69) is 26.0 Å². The number of aryl methyl sites for hydroxylation is 1. The highest BCUT2D eigenvalue weighted by atomic mass is 19.1. The number of anilines is 2. The third-order valence-corrected chi connectivity index (χ3v) is 6.44. The lowest BCUT2D eigenvalue weighted by atomic mass is 10.1. The van der Waals surface area contributed by atoms with Gasteiger partial charge in [-0.3, -0.25) is 14.6 Å². The van der Waals surface area contributed by atoms with Gasteiger partial charge in [-0.1, -0.05) is 0 Å². The van der Waals surface area contributed by atoms with E-state index < -0.39 is 23.4 Å².